The highest BCUT2D eigenvalue weighted by molar-refractivity contribution is 5.75. The zero-order chi connectivity index (χ0) is 15.2. The van der Waals surface area contributed by atoms with E-state index in [-0.39, 0.29) is 18.2 Å². The van der Waals surface area contributed by atoms with Gasteiger partial charge in [0.25, 0.3) is 0 Å². The molecule has 1 atom stereocenters. The molecule has 0 rings (SSSR count). The number of hydrogen-bond donors (Lipinski definition) is 2. The second-order valence-electron chi connectivity index (χ2n) is 5.71. The van der Waals surface area contributed by atoms with Crippen LogP contribution >= 0.6 is 0 Å². The number of carboxylic acid groups (broad SMARTS) is 1. The summed E-state index contributed by atoms with van der Waals surface area (Å²) < 4.78 is 0. The van der Waals surface area contributed by atoms with Crippen LogP contribution in [0.25, 0.3) is 0 Å². The SMILES string of the molecule is CCCCCCCCCC(=O)NCC(C)CCC(=O)O. The maximum Gasteiger partial charge on any atom is 0.303 e. The highest BCUT2D eigenvalue weighted by atomic mass is 16.4. The molecule has 0 bridgehead atoms. The minimum Gasteiger partial charge on any atom is -0.481 e. The third kappa shape index (κ3) is 13.4. The summed E-state index contributed by atoms with van der Waals surface area (Å²) in [6.45, 7) is 4.77. The lowest BCUT2D eigenvalue weighted by Crippen LogP contribution is -2.28. The molecule has 0 radical (unpaired) electrons. The van der Waals surface area contributed by atoms with Gasteiger partial charge in [-0.15, -0.1) is 0 Å². The smallest absolute Gasteiger partial charge is 0.303 e. The Labute approximate surface area is 123 Å². The summed E-state index contributed by atoms with van der Waals surface area (Å²) in [7, 11) is 0. The average molecular weight is 285 g/mol. The van der Waals surface area contributed by atoms with Crippen LogP contribution in [-0.4, -0.2) is 23.5 Å². The molecule has 0 saturated carbocycles. The average Bonchev–Trinajstić information content (AvgIpc) is 2.41. The van der Waals surface area contributed by atoms with Gasteiger partial charge in [-0.05, 0) is 18.8 Å². The predicted octanol–water partition coefficient (Wildman–Crippen LogP) is 3.74. The van der Waals surface area contributed by atoms with Crippen LogP contribution in [0.2, 0.25) is 0 Å². The third-order valence-electron chi connectivity index (χ3n) is 3.51. The Morgan fingerprint density at radius 1 is 1.00 bits per heavy atom. The van der Waals surface area contributed by atoms with Crippen LogP contribution in [-0.2, 0) is 9.59 Å². The Morgan fingerprint density at radius 3 is 2.20 bits per heavy atom. The van der Waals surface area contributed by atoms with Crippen LogP contribution in [0, 0.1) is 5.92 Å². The minimum absolute atomic E-state index is 0.0979. The van der Waals surface area contributed by atoms with Gasteiger partial charge in [0.1, 0.15) is 0 Å². The number of nitrogens with one attached hydrogen (secondary N) is 1. The maximum absolute atomic E-state index is 11.6. The van der Waals surface area contributed by atoms with Crippen LogP contribution in [0.5, 0.6) is 0 Å². The van der Waals surface area contributed by atoms with Crippen molar-refractivity contribution in [2.75, 3.05) is 6.54 Å². The molecule has 0 spiro atoms. The molecule has 0 fully saturated rings. The third-order valence-corrected chi connectivity index (χ3v) is 3.51. The van der Waals surface area contributed by atoms with Gasteiger partial charge in [-0.3, -0.25) is 9.59 Å². The molecule has 0 saturated heterocycles. The van der Waals surface area contributed by atoms with E-state index in [9.17, 15) is 9.59 Å². The first-order valence-electron chi connectivity index (χ1n) is 8.04. The monoisotopic (exact) mass is 285 g/mol. The molecule has 0 heterocycles. The van der Waals surface area contributed by atoms with Gasteiger partial charge < -0.3 is 10.4 Å². The van der Waals surface area contributed by atoms with E-state index in [1.54, 1.807) is 0 Å². The van der Waals surface area contributed by atoms with Crippen molar-refractivity contribution in [3.05, 3.63) is 0 Å². The van der Waals surface area contributed by atoms with Crippen LogP contribution in [0.3, 0.4) is 0 Å². The Kier molecular flexibility index (Phi) is 12.3. The molecule has 1 unspecified atom stereocenters. The normalized spacial score (nSPS) is 12.1. The van der Waals surface area contributed by atoms with Gasteiger partial charge in [0.2, 0.25) is 5.91 Å². The quantitative estimate of drug-likeness (QED) is 0.506. The molecule has 0 aliphatic rings. The largest absolute Gasteiger partial charge is 0.481 e. The van der Waals surface area contributed by atoms with E-state index in [4.69, 9.17) is 5.11 Å². The van der Waals surface area contributed by atoms with Crippen LogP contribution in [0.1, 0.15) is 78.1 Å². The minimum atomic E-state index is -0.772. The summed E-state index contributed by atoms with van der Waals surface area (Å²) in [6, 6.07) is 0. The second-order valence-corrected chi connectivity index (χ2v) is 5.71. The van der Waals surface area contributed by atoms with Crippen molar-refractivity contribution < 1.29 is 14.7 Å². The van der Waals surface area contributed by atoms with Gasteiger partial charge in [0.05, 0.1) is 0 Å². The van der Waals surface area contributed by atoms with Crippen LogP contribution < -0.4 is 5.32 Å². The van der Waals surface area contributed by atoms with Gasteiger partial charge in [-0.1, -0.05) is 52.4 Å². The fourth-order valence-corrected chi connectivity index (χ4v) is 2.09. The van der Waals surface area contributed by atoms with Gasteiger partial charge in [-0.25, -0.2) is 0 Å². The molecule has 4 nitrogen and oxygen atoms in total. The van der Waals surface area contributed by atoms with Gasteiger partial charge >= 0.3 is 5.97 Å². The molecule has 2 N–H and O–H groups in total. The number of carbonyl (C=O) groups is 2. The first-order valence-corrected chi connectivity index (χ1v) is 8.04. The van der Waals surface area contributed by atoms with E-state index in [2.05, 4.69) is 12.2 Å². The zero-order valence-corrected chi connectivity index (χ0v) is 13.1. The molecule has 118 valence electrons. The summed E-state index contributed by atoms with van der Waals surface area (Å²) >= 11 is 0. The summed E-state index contributed by atoms with van der Waals surface area (Å²) in [5, 5.41) is 11.5. The van der Waals surface area contributed by atoms with E-state index in [1.807, 2.05) is 6.92 Å². The van der Waals surface area contributed by atoms with Crippen molar-refractivity contribution in [1.29, 1.82) is 0 Å². The van der Waals surface area contributed by atoms with Crippen molar-refractivity contribution in [3.63, 3.8) is 0 Å². The maximum atomic E-state index is 11.6. The number of unbranched alkanes of at least 4 members (excludes halogenated alkanes) is 6. The summed E-state index contributed by atoms with van der Waals surface area (Å²) in [6.07, 6.45) is 9.87. The molecular weight excluding hydrogens is 254 g/mol. The van der Waals surface area contributed by atoms with Crippen LogP contribution in [0.4, 0.5) is 0 Å². The fourth-order valence-electron chi connectivity index (χ4n) is 2.09. The molecule has 0 aromatic heterocycles. The van der Waals surface area contributed by atoms with Gasteiger partial charge in [0.15, 0.2) is 0 Å². The standard InChI is InChI=1S/C16H31NO3/c1-3-4-5-6-7-8-9-10-15(18)17-13-14(2)11-12-16(19)20/h14H,3-13H2,1-2H3,(H,17,18)(H,19,20). The van der Waals surface area contributed by atoms with Crippen LogP contribution in [0.15, 0.2) is 0 Å². The Bertz CT molecular complexity index is 266. The first-order chi connectivity index (χ1) is 9.56. The summed E-state index contributed by atoms with van der Waals surface area (Å²) in [5.41, 5.74) is 0. The van der Waals surface area contributed by atoms with E-state index < -0.39 is 5.97 Å². The van der Waals surface area contributed by atoms with E-state index in [0.717, 1.165) is 12.8 Å². The summed E-state index contributed by atoms with van der Waals surface area (Å²) in [4.78, 5) is 22.0. The lowest BCUT2D eigenvalue weighted by atomic mass is 10.1. The Hall–Kier alpha value is -1.06. The molecule has 0 aliphatic heterocycles. The predicted molar refractivity (Wildman–Crippen MR) is 81.7 cm³/mol. The van der Waals surface area contributed by atoms with Crippen molar-refractivity contribution in [3.8, 4) is 0 Å². The van der Waals surface area contributed by atoms with E-state index >= 15 is 0 Å². The Morgan fingerprint density at radius 2 is 1.60 bits per heavy atom. The molecule has 1 amide bonds. The number of carboxylic acids is 1. The second kappa shape index (κ2) is 12.9. The fraction of sp³-hybridized carbons (Fsp3) is 0.875. The van der Waals surface area contributed by atoms with E-state index in [1.165, 1.54) is 32.1 Å². The highest BCUT2D eigenvalue weighted by Gasteiger charge is 2.07. The molecule has 0 aromatic carbocycles. The van der Waals surface area contributed by atoms with E-state index in [0.29, 0.717) is 19.4 Å². The number of aliphatic carboxylic acids is 1. The van der Waals surface area contributed by atoms with Crippen molar-refractivity contribution in [2.24, 2.45) is 5.92 Å². The topological polar surface area (TPSA) is 66.4 Å². The highest BCUT2D eigenvalue weighted by Crippen LogP contribution is 2.08. The number of rotatable bonds is 13. The van der Waals surface area contributed by atoms with Gasteiger partial charge in [0, 0.05) is 19.4 Å². The zero-order valence-electron chi connectivity index (χ0n) is 13.1. The molecule has 4 heteroatoms. The van der Waals surface area contributed by atoms with Crippen molar-refractivity contribution in [1.82, 2.24) is 5.32 Å². The molecule has 0 aliphatic carbocycles. The van der Waals surface area contributed by atoms with Gasteiger partial charge in [-0.2, -0.15) is 0 Å². The number of carbonyl (C=O) groups excluding carboxylic acids is 1. The molecular formula is C16H31NO3. The first kappa shape index (κ1) is 18.9. The molecule has 20 heavy (non-hydrogen) atoms. The number of amides is 1. The lowest BCUT2D eigenvalue weighted by Gasteiger charge is -2.11. The van der Waals surface area contributed by atoms with Crippen molar-refractivity contribution in [2.45, 2.75) is 78.1 Å². The lowest BCUT2D eigenvalue weighted by molar-refractivity contribution is -0.137. The summed E-state index contributed by atoms with van der Waals surface area (Å²) in [5.74, 6) is -0.448. The Balaban J connectivity index is 3.38. The molecule has 0 aromatic rings. The number of hydrogen-bond acceptors (Lipinski definition) is 2. The van der Waals surface area contributed by atoms with Crippen molar-refractivity contribution >= 4 is 11.9 Å².